The minimum absolute atomic E-state index is 0.216. The molecule has 0 bridgehead atoms. The maximum Gasteiger partial charge on any atom is 0.191 e. The first-order valence-electron chi connectivity index (χ1n) is 5.11. The van der Waals surface area contributed by atoms with Crippen LogP contribution in [0.15, 0.2) is 17.5 Å². The van der Waals surface area contributed by atoms with E-state index in [9.17, 15) is 0 Å². The van der Waals surface area contributed by atoms with Gasteiger partial charge in [0.2, 0.25) is 0 Å². The largest absolute Gasteiger partial charge is 0.378 e. The first-order chi connectivity index (χ1) is 7.61. The lowest BCUT2D eigenvalue weighted by Crippen LogP contribution is -2.26. The Labute approximate surface area is 98.7 Å². The predicted octanol–water partition coefficient (Wildman–Crippen LogP) is 2.50. The highest BCUT2D eigenvalue weighted by atomic mass is 32.1. The molecule has 86 valence electrons. The molecule has 0 saturated carbocycles. The van der Waals surface area contributed by atoms with Gasteiger partial charge >= 0.3 is 0 Å². The zero-order valence-electron chi connectivity index (χ0n) is 9.65. The van der Waals surface area contributed by atoms with Crippen molar-refractivity contribution in [1.29, 1.82) is 0 Å². The molecule has 0 radical (unpaired) electrons. The monoisotopic (exact) mass is 237 g/mol. The van der Waals surface area contributed by atoms with Crippen molar-refractivity contribution in [3.8, 4) is 10.7 Å². The summed E-state index contributed by atoms with van der Waals surface area (Å²) in [6, 6.07) is 4.01. The molecule has 0 unspecified atom stereocenters. The van der Waals surface area contributed by atoms with Crippen LogP contribution in [0.25, 0.3) is 10.7 Å². The predicted molar refractivity (Wildman–Crippen MR) is 64.5 cm³/mol. The van der Waals surface area contributed by atoms with Crippen LogP contribution >= 0.6 is 11.3 Å². The summed E-state index contributed by atoms with van der Waals surface area (Å²) < 4.78 is 5.36. The second kappa shape index (κ2) is 4.35. The molecule has 2 heterocycles. The van der Waals surface area contributed by atoms with Crippen LogP contribution in [0.4, 0.5) is 0 Å². The molecule has 0 saturated heterocycles. The van der Waals surface area contributed by atoms with E-state index in [2.05, 4.69) is 15.2 Å². The van der Waals surface area contributed by atoms with E-state index in [0.29, 0.717) is 0 Å². The van der Waals surface area contributed by atoms with Crippen LogP contribution in [0, 0.1) is 0 Å². The van der Waals surface area contributed by atoms with Crippen molar-refractivity contribution in [2.24, 2.45) is 0 Å². The second-order valence-corrected chi connectivity index (χ2v) is 5.17. The van der Waals surface area contributed by atoms with E-state index >= 15 is 0 Å². The number of aromatic nitrogens is 3. The molecule has 16 heavy (non-hydrogen) atoms. The van der Waals surface area contributed by atoms with Crippen molar-refractivity contribution < 1.29 is 4.74 Å². The molecule has 1 N–H and O–H groups in total. The van der Waals surface area contributed by atoms with Gasteiger partial charge in [-0.05, 0) is 25.3 Å². The number of nitrogens with one attached hydrogen (secondary N) is 1. The van der Waals surface area contributed by atoms with Crippen molar-refractivity contribution in [2.75, 3.05) is 7.11 Å². The third-order valence-electron chi connectivity index (χ3n) is 2.42. The number of methoxy groups -OCH3 is 1. The molecular formula is C11H15N3OS. The number of ether oxygens (including phenoxy) is 1. The average molecular weight is 237 g/mol. The third kappa shape index (κ3) is 2.48. The summed E-state index contributed by atoms with van der Waals surface area (Å²) in [5, 5.41) is 9.16. The van der Waals surface area contributed by atoms with Crippen LogP contribution in [0.1, 0.15) is 19.7 Å². The van der Waals surface area contributed by atoms with Gasteiger partial charge in [0.15, 0.2) is 5.82 Å². The van der Waals surface area contributed by atoms with Crippen molar-refractivity contribution in [2.45, 2.75) is 25.9 Å². The minimum Gasteiger partial charge on any atom is -0.378 e. The number of nitrogens with zero attached hydrogens (tertiary/aromatic N) is 2. The Kier molecular flexibility index (Phi) is 3.07. The summed E-state index contributed by atoms with van der Waals surface area (Å²) in [7, 11) is 1.70. The number of hydrogen-bond acceptors (Lipinski definition) is 4. The summed E-state index contributed by atoms with van der Waals surface area (Å²) >= 11 is 1.64. The molecular weight excluding hydrogens is 222 g/mol. The molecule has 0 fully saturated rings. The van der Waals surface area contributed by atoms with Crippen LogP contribution in [-0.4, -0.2) is 27.9 Å². The quantitative estimate of drug-likeness (QED) is 0.888. The Morgan fingerprint density at radius 1 is 1.50 bits per heavy atom. The van der Waals surface area contributed by atoms with Gasteiger partial charge in [-0.15, -0.1) is 11.3 Å². The second-order valence-electron chi connectivity index (χ2n) is 4.22. The van der Waals surface area contributed by atoms with Crippen LogP contribution < -0.4 is 0 Å². The highest BCUT2D eigenvalue weighted by molar-refractivity contribution is 7.13. The fourth-order valence-electron chi connectivity index (χ4n) is 1.37. The molecule has 2 aromatic heterocycles. The van der Waals surface area contributed by atoms with Crippen LogP contribution in [0.5, 0.6) is 0 Å². The number of rotatable bonds is 4. The Morgan fingerprint density at radius 3 is 2.94 bits per heavy atom. The highest BCUT2D eigenvalue weighted by Crippen LogP contribution is 2.21. The van der Waals surface area contributed by atoms with E-state index in [0.717, 1.165) is 22.9 Å². The summed E-state index contributed by atoms with van der Waals surface area (Å²) in [6.07, 6.45) is 0.724. The number of hydrogen-bond donors (Lipinski definition) is 1. The zero-order valence-corrected chi connectivity index (χ0v) is 10.5. The van der Waals surface area contributed by atoms with E-state index in [1.807, 2.05) is 31.4 Å². The van der Waals surface area contributed by atoms with Gasteiger partial charge in [0.05, 0.1) is 10.5 Å². The summed E-state index contributed by atoms with van der Waals surface area (Å²) in [4.78, 5) is 5.53. The van der Waals surface area contributed by atoms with Gasteiger partial charge in [-0.25, -0.2) is 4.98 Å². The third-order valence-corrected chi connectivity index (χ3v) is 3.28. The molecule has 0 amide bonds. The molecule has 2 rings (SSSR count). The van der Waals surface area contributed by atoms with Crippen LogP contribution in [0.2, 0.25) is 0 Å². The number of aromatic amines is 1. The van der Waals surface area contributed by atoms with Gasteiger partial charge in [0.1, 0.15) is 5.82 Å². The molecule has 0 aromatic carbocycles. The van der Waals surface area contributed by atoms with Gasteiger partial charge < -0.3 is 4.74 Å². The topological polar surface area (TPSA) is 50.8 Å². The van der Waals surface area contributed by atoms with Gasteiger partial charge in [0, 0.05) is 13.5 Å². The summed E-state index contributed by atoms with van der Waals surface area (Å²) in [5.41, 5.74) is -0.216. The Hall–Kier alpha value is -1.20. The summed E-state index contributed by atoms with van der Waals surface area (Å²) in [5.74, 6) is 1.62. The number of H-pyrrole nitrogens is 1. The molecule has 5 heteroatoms. The first kappa shape index (κ1) is 11.3. The van der Waals surface area contributed by atoms with Crippen molar-refractivity contribution in [3.63, 3.8) is 0 Å². The smallest absolute Gasteiger partial charge is 0.191 e. The molecule has 0 aliphatic carbocycles. The molecule has 0 atom stereocenters. The molecule has 0 aliphatic rings. The van der Waals surface area contributed by atoms with Gasteiger partial charge in [0.25, 0.3) is 0 Å². The Bertz CT molecular complexity index is 448. The maximum atomic E-state index is 5.36. The van der Waals surface area contributed by atoms with Crippen molar-refractivity contribution in [1.82, 2.24) is 15.2 Å². The van der Waals surface area contributed by atoms with E-state index in [1.54, 1.807) is 18.4 Å². The average Bonchev–Trinajstić information content (AvgIpc) is 2.86. The van der Waals surface area contributed by atoms with Gasteiger partial charge in [-0.2, -0.15) is 5.10 Å². The van der Waals surface area contributed by atoms with Gasteiger partial charge in [-0.3, -0.25) is 5.10 Å². The van der Waals surface area contributed by atoms with E-state index in [4.69, 9.17) is 4.74 Å². The summed E-state index contributed by atoms with van der Waals surface area (Å²) in [6.45, 7) is 4.06. The van der Waals surface area contributed by atoms with E-state index in [-0.39, 0.29) is 5.60 Å². The molecule has 0 aliphatic heterocycles. The van der Waals surface area contributed by atoms with Crippen molar-refractivity contribution in [3.05, 3.63) is 23.3 Å². The Balaban J connectivity index is 2.14. The molecule has 0 spiro atoms. The lowest BCUT2D eigenvalue weighted by Gasteiger charge is -2.20. The normalized spacial score (nSPS) is 11.9. The lowest BCUT2D eigenvalue weighted by molar-refractivity contribution is 0.0216. The van der Waals surface area contributed by atoms with Crippen molar-refractivity contribution >= 4 is 11.3 Å². The van der Waals surface area contributed by atoms with Crippen LogP contribution in [-0.2, 0) is 11.2 Å². The fourth-order valence-corrected chi connectivity index (χ4v) is 2.02. The Morgan fingerprint density at radius 2 is 2.31 bits per heavy atom. The van der Waals surface area contributed by atoms with E-state index < -0.39 is 0 Å². The van der Waals surface area contributed by atoms with Crippen LogP contribution in [0.3, 0.4) is 0 Å². The molecule has 4 nitrogen and oxygen atoms in total. The lowest BCUT2D eigenvalue weighted by atomic mass is 10.1. The fraction of sp³-hybridized carbons (Fsp3) is 0.455. The van der Waals surface area contributed by atoms with Gasteiger partial charge in [-0.1, -0.05) is 6.07 Å². The first-order valence-corrected chi connectivity index (χ1v) is 5.99. The standard InChI is InChI=1S/C11H15N3OS/c1-11(2,15-3)7-9-12-10(14-13-9)8-5-4-6-16-8/h4-6H,7H2,1-3H3,(H,12,13,14). The highest BCUT2D eigenvalue weighted by Gasteiger charge is 2.19. The SMILES string of the molecule is COC(C)(C)Cc1nc(-c2cccs2)n[nH]1. The minimum atomic E-state index is -0.216. The zero-order chi connectivity index (χ0) is 11.6. The maximum absolute atomic E-state index is 5.36. The number of thiophene rings is 1. The molecule has 2 aromatic rings. The van der Waals surface area contributed by atoms with E-state index in [1.165, 1.54) is 0 Å².